The average molecular weight is 197 g/mol. The van der Waals surface area contributed by atoms with Crippen molar-refractivity contribution in [1.82, 2.24) is 4.98 Å². The van der Waals surface area contributed by atoms with Gasteiger partial charge < -0.3 is 9.88 Å². The first-order valence-electron chi connectivity index (χ1n) is 4.89. The van der Waals surface area contributed by atoms with E-state index in [9.17, 15) is 0 Å². The first-order valence-corrected chi connectivity index (χ1v) is 4.89. The molecule has 3 rings (SSSR count). The molecule has 74 valence electrons. The number of hydrogen-bond acceptors (Lipinski definition) is 2. The van der Waals surface area contributed by atoms with Gasteiger partial charge in [0.2, 0.25) is 0 Å². The van der Waals surface area contributed by atoms with Crippen molar-refractivity contribution in [1.29, 1.82) is 0 Å². The Labute approximate surface area is 87.7 Å². The Kier molecular flexibility index (Phi) is 1.65. The topological polar surface area (TPSA) is 31.4 Å². The van der Waals surface area contributed by atoms with Gasteiger partial charge in [0.1, 0.15) is 0 Å². The van der Waals surface area contributed by atoms with Crippen molar-refractivity contribution in [2.45, 2.75) is 0 Å². The molecule has 15 heavy (non-hydrogen) atoms. The summed E-state index contributed by atoms with van der Waals surface area (Å²) in [6.45, 7) is 4.62. The van der Waals surface area contributed by atoms with Crippen molar-refractivity contribution in [3.8, 4) is 0 Å². The Morgan fingerprint density at radius 1 is 1.33 bits per heavy atom. The van der Waals surface area contributed by atoms with E-state index in [1.165, 1.54) is 5.39 Å². The van der Waals surface area contributed by atoms with Gasteiger partial charge in [0, 0.05) is 17.1 Å². The molecule has 1 aromatic heterocycles. The zero-order valence-corrected chi connectivity index (χ0v) is 8.27. The van der Waals surface area contributed by atoms with Gasteiger partial charge in [-0.25, -0.2) is 4.99 Å². The number of fused-ring (bicyclic) bond motifs is 1. The third-order valence-electron chi connectivity index (χ3n) is 2.61. The molecular formula is C12H11N3. The van der Waals surface area contributed by atoms with Crippen LogP contribution in [0.3, 0.4) is 0 Å². The van der Waals surface area contributed by atoms with Crippen LogP contribution < -0.4 is 4.90 Å². The van der Waals surface area contributed by atoms with Crippen LogP contribution in [0.15, 0.2) is 47.7 Å². The number of nitrogens with zero attached hydrogens (tertiary/aromatic N) is 2. The summed E-state index contributed by atoms with van der Waals surface area (Å²) in [5, 5.41) is 1.22. The molecule has 0 unspecified atom stereocenters. The number of H-pyrrole nitrogens is 1. The maximum absolute atomic E-state index is 4.17. The molecule has 1 aliphatic rings. The van der Waals surface area contributed by atoms with Gasteiger partial charge >= 0.3 is 0 Å². The Bertz CT molecular complexity index is 551. The smallest absolute Gasteiger partial charge is 0.0957 e. The molecule has 0 saturated heterocycles. The van der Waals surface area contributed by atoms with Crippen LogP contribution in [0.5, 0.6) is 0 Å². The minimum Gasteiger partial charge on any atom is -0.359 e. The van der Waals surface area contributed by atoms with Gasteiger partial charge in [0.15, 0.2) is 0 Å². The summed E-state index contributed by atoms with van der Waals surface area (Å²) in [5.41, 5.74) is 3.21. The lowest BCUT2D eigenvalue weighted by atomic mass is 10.2. The quantitative estimate of drug-likeness (QED) is 0.748. The van der Waals surface area contributed by atoms with E-state index < -0.39 is 0 Å². The molecule has 3 nitrogen and oxygen atoms in total. The van der Waals surface area contributed by atoms with Gasteiger partial charge in [-0.2, -0.15) is 0 Å². The molecule has 2 heterocycles. The van der Waals surface area contributed by atoms with E-state index in [1.54, 1.807) is 0 Å². The van der Waals surface area contributed by atoms with Crippen molar-refractivity contribution in [2.75, 3.05) is 11.4 Å². The third-order valence-corrected chi connectivity index (χ3v) is 2.61. The molecule has 1 N–H and O–H groups in total. The highest BCUT2D eigenvalue weighted by Crippen LogP contribution is 2.27. The van der Waals surface area contributed by atoms with Crippen LogP contribution in [-0.4, -0.2) is 17.9 Å². The van der Waals surface area contributed by atoms with Crippen molar-refractivity contribution in [2.24, 2.45) is 4.99 Å². The monoisotopic (exact) mass is 197 g/mol. The second kappa shape index (κ2) is 2.98. The lowest BCUT2D eigenvalue weighted by molar-refractivity contribution is 1.15. The van der Waals surface area contributed by atoms with Gasteiger partial charge in [-0.1, -0.05) is 24.8 Å². The summed E-state index contributed by atoms with van der Waals surface area (Å²) < 4.78 is 0. The van der Waals surface area contributed by atoms with Crippen LogP contribution >= 0.6 is 0 Å². The Morgan fingerprint density at radius 2 is 2.20 bits per heavy atom. The van der Waals surface area contributed by atoms with Crippen molar-refractivity contribution >= 4 is 22.9 Å². The molecule has 1 aliphatic heterocycles. The fourth-order valence-electron chi connectivity index (χ4n) is 1.87. The fourth-order valence-corrected chi connectivity index (χ4v) is 1.87. The molecule has 0 saturated carbocycles. The van der Waals surface area contributed by atoms with Crippen molar-refractivity contribution in [3.63, 3.8) is 0 Å². The average Bonchev–Trinajstić information content (AvgIpc) is 2.83. The van der Waals surface area contributed by atoms with Crippen molar-refractivity contribution in [3.05, 3.63) is 42.7 Å². The van der Waals surface area contributed by atoms with Crippen LogP contribution in [0, 0.1) is 0 Å². The first kappa shape index (κ1) is 8.29. The van der Waals surface area contributed by atoms with Gasteiger partial charge in [0.05, 0.1) is 24.3 Å². The number of benzene rings is 1. The van der Waals surface area contributed by atoms with Gasteiger partial charge in [-0.05, 0) is 6.07 Å². The summed E-state index contributed by atoms with van der Waals surface area (Å²) in [4.78, 5) is 9.52. The molecule has 1 aromatic carbocycles. The molecule has 0 spiro atoms. The SMILES string of the molecule is C=C1CN(c2c[nH]c3ccccc23)C=N1. The highest BCUT2D eigenvalue weighted by atomic mass is 15.2. The van der Waals surface area contributed by atoms with E-state index in [0.29, 0.717) is 0 Å². The summed E-state index contributed by atoms with van der Waals surface area (Å²) >= 11 is 0. The Balaban J connectivity index is 2.12. The maximum atomic E-state index is 4.17. The van der Waals surface area contributed by atoms with Crippen LogP contribution in [-0.2, 0) is 0 Å². The van der Waals surface area contributed by atoms with E-state index >= 15 is 0 Å². The number of para-hydroxylation sites is 1. The molecule has 0 atom stereocenters. The Morgan fingerprint density at radius 3 is 3.00 bits per heavy atom. The zero-order chi connectivity index (χ0) is 10.3. The number of nitrogens with one attached hydrogen (secondary N) is 1. The molecular weight excluding hydrogens is 186 g/mol. The minimum atomic E-state index is 0.780. The molecule has 0 aliphatic carbocycles. The largest absolute Gasteiger partial charge is 0.359 e. The first-order chi connectivity index (χ1) is 7.34. The number of rotatable bonds is 1. The van der Waals surface area contributed by atoms with E-state index in [4.69, 9.17) is 0 Å². The predicted octanol–water partition coefficient (Wildman–Crippen LogP) is 2.53. The van der Waals surface area contributed by atoms with Crippen LogP contribution in [0.2, 0.25) is 0 Å². The fraction of sp³-hybridized carbons (Fsp3) is 0.0833. The number of hydrogen-bond donors (Lipinski definition) is 1. The second-order valence-electron chi connectivity index (χ2n) is 3.66. The molecule has 0 radical (unpaired) electrons. The second-order valence-corrected chi connectivity index (χ2v) is 3.66. The molecule has 2 aromatic rings. The molecule has 0 fully saturated rings. The highest BCUT2D eigenvalue weighted by molar-refractivity contribution is 5.99. The van der Waals surface area contributed by atoms with E-state index in [0.717, 1.165) is 23.4 Å². The lowest BCUT2D eigenvalue weighted by Crippen LogP contribution is -2.16. The van der Waals surface area contributed by atoms with E-state index in [1.807, 2.05) is 24.7 Å². The van der Waals surface area contributed by atoms with Gasteiger partial charge in [-0.3, -0.25) is 0 Å². The maximum Gasteiger partial charge on any atom is 0.0957 e. The standard InChI is InChI=1S/C12H11N3/c1-9-7-15(8-14-9)12-6-13-11-5-3-2-4-10(11)12/h2-6,8,13H,1,7H2. The number of aliphatic imine (C=N–C) groups is 1. The third kappa shape index (κ3) is 1.24. The van der Waals surface area contributed by atoms with Crippen LogP contribution in [0.25, 0.3) is 10.9 Å². The number of aromatic nitrogens is 1. The highest BCUT2D eigenvalue weighted by Gasteiger charge is 2.14. The van der Waals surface area contributed by atoms with E-state index in [2.05, 4.69) is 33.6 Å². The summed E-state index contributed by atoms with van der Waals surface area (Å²) in [6.07, 6.45) is 3.84. The molecule has 0 amide bonds. The normalized spacial score (nSPS) is 15.5. The lowest BCUT2D eigenvalue weighted by Gasteiger charge is -2.11. The van der Waals surface area contributed by atoms with Gasteiger partial charge in [-0.15, -0.1) is 0 Å². The number of aromatic amines is 1. The summed E-state index contributed by atoms with van der Waals surface area (Å²) in [7, 11) is 0. The van der Waals surface area contributed by atoms with Crippen LogP contribution in [0.1, 0.15) is 0 Å². The predicted molar refractivity (Wildman–Crippen MR) is 63.3 cm³/mol. The zero-order valence-electron chi connectivity index (χ0n) is 8.27. The summed E-state index contributed by atoms with van der Waals surface area (Å²) in [6, 6.07) is 8.25. The van der Waals surface area contributed by atoms with Crippen LogP contribution in [0.4, 0.5) is 5.69 Å². The summed E-state index contributed by atoms with van der Waals surface area (Å²) in [5.74, 6) is 0. The van der Waals surface area contributed by atoms with Crippen molar-refractivity contribution < 1.29 is 0 Å². The van der Waals surface area contributed by atoms with Gasteiger partial charge in [0.25, 0.3) is 0 Å². The number of anilines is 1. The minimum absolute atomic E-state index is 0.780. The Hall–Kier alpha value is -2.03. The molecule has 3 heteroatoms. The van der Waals surface area contributed by atoms with E-state index in [-0.39, 0.29) is 0 Å². The molecule has 0 bridgehead atoms.